The van der Waals surface area contributed by atoms with Gasteiger partial charge >= 0.3 is 0 Å². The third kappa shape index (κ3) is 2.67. The van der Waals surface area contributed by atoms with Gasteiger partial charge in [-0.3, -0.25) is 0 Å². The molecule has 17 heavy (non-hydrogen) atoms. The Bertz CT molecular complexity index is 400. The molecule has 1 atom stereocenters. The van der Waals surface area contributed by atoms with Gasteiger partial charge < -0.3 is 15.4 Å². The van der Waals surface area contributed by atoms with Gasteiger partial charge in [0, 0.05) is 13.1 Å². The van der Waals surface area contributed by atoms with Crippen LogP contribution in [0.3, 0.4) is 0 Å². The molecule has 1 aliphatic heterocycles. The number of benzene rings is 1. The highest BCUT2D eigenvalue weighted by atomic mass is 35.5. The van der Waals surface area contributed by atoms with Gasteiger partial charge in [-0.2, -0.15) is 0 Å². The minimum absolute atomic E-state index is 0.175. The summed E-state index contributed by atoms with van der Waals surface area (Å²) in [6.45, 7) is 7.86. The first kappa shape index (κ1) is 12.5. The smallest absolute Gasteiger partial charge is 0.0805 e. The quantitative estimate of drug-likeness (QED) is 0.784. The third-order valence-corrected chi connectivity index (χ3v) is 3.21. The summed E-state index contributed by atoms with van der Waals surface area (Å²) in [6, 6.07) is 5.63. The molecular formula is C13H19ClN2O. The standard InChI is InChI=1S/C13H19ClN2O/c1-9-7-16(8-13(2,3)17-9)12-10(14)5-4-6-11(12)15/h4-6,9H,7-8,15H2,1-3H3. The van der Waals surface area contributed by atoms with E-state index >= 15 is 0 Å². The maximum Gasteiger partial charge on any atom is 0.0805 e. The lowest BCUT2D eigenvalue weighted by molar-refractivity contribution is -0.0749. The van der Waals surface area contributed by atoms with Crippen LogP contribution in [0.15, 0.2) is 18.2 Å². The van der Waals surface area contributed by atoms with Gasteiger partial charge in [-0.25, -0.2) is 0 Å². The molecule has 0 saturated carbocycles. The molecule has 94 valence electrons. The van der Waals surface area contributed by atoms with Crippen LogP contribution in [0.4, 0.5) is 11.4 Å². The van der Waals surface area contributed by atoms with E-state index in [1.165, 1.54) is 0 Å². The molecule has 2 rings (SSSR count). The Balaban J connectivity index is 2.33. The number of rotatable bonds is 1. The normalized spacial score (nSPS) is 23.8. The van der Waals surface area contributed by atoms with Gasteiger partial charge in [0.1, 0.15) is 0 Å². The van der Waals surface area contributed by atoms with Gasteiger partial charge in [-0.1, -0.05) is 17.7 Å². The molecule has 2 N–H and O–H groups in total. The highest BCUT2D eigenvalue weighted by molar-refractivity contribution is 6.34. The lowest BCUT2D eigenvalue weighted by Gasteiger charge is -2.43. The molecule has 0 spiro atoms. The summed E-state index contributed by atoms with van der Waals surface area (Å²) in [5.74, 6) is 0. The lowest BCUT2D eigenvalue weighted by atomic mass is 10.0. The van der Waals surface area contributed by atoms with E-state index in [2.05, 4.69) is 25.7 Å². The van der Waals surface area contributed by atoms with Crippen LogP contribution in [0.1, 0.15) is 20.8 Å². The number of anilines is 2. The van der Waals surface area contributed by atoms with Crippen LogP contribution in [0.5, 0.6) is 0 Å². The second kappa shape index (κ2) is 4.39. The second-order valence-corrected chi connectivity index (χ2v) is 5.65. The summed E-state index contributed by atoms with van der Waals surface area (Å²) in [7, 11) is 0. The van der Waals surface area contributed by atoms with Crippen LogP contribution in [0.25, 0.3) is 0 Å². The van der Waals surface area contributed by atoms with E-state index in [0.717, 1.165) is 24.5 Å². The summed E-state index contributed by atoms with van der Waals surface area (Å²) in [5.41, 5.74) is 7.49. The Hall–Kier alpha value is -0.930. The summed E-state index contributed by atoms with van der Waals surface area (Å²) in [4.78, 5) is 2.21. The average Bonchev–Trinajstić information content (AvgIpc) is 2.13. The van der Waals surface area contributed by atoms with E-state index in [1.807, 2.05) is 18.2 Å². The van der Waals surface area contributed by atoms with E-state index in [9.17, 15) is 0 Å². The Morgan fingerprint density at radius 3 is 2.76 bits per heavy atom. The van der Waals surface area contributed by atoms with Gasteiger partial charge in [0.05, 0.1) is 28.1 Å². The number of nitrogen functional groups attached to an aromatic ring is 1. The average molecular weight is 255 g/mol. The third-order valence-electron chi connectivity index (χ3n) is 2.90. The van der Waals surface area contributed by atoms with Gasteiger partial charge in [0.2, 0.25) is 0 Å². The number of halogens is 1. The van der Waals surface area contributed by atoms with Crippen molar-refractivity contribution < 1.29 is 4.74 Å². The van der Waals surface area contributed by atoms with E-state index in [1.54, 1.807) is 0 Å². The van der Waals surface area contributed by atoms with E-state index < -0.39 is 0 Å². The minimum Gasteiger partial charge on any atom is -0.397 e. The van der Waals surface area contributed by atoms with Gasteiger partial charge in [-0.15, -0.1) is 0 Å². The van der Waals surface area contributed by atoms with Gasteiger partial charge in [0.15, 0.2) is 0 Å². The first-order valence-electron chi connectivity index (χ1n) is 5.86. The molecule has 0 bridgehead atoms. The Labute approximate surface area is 107 Å². The van der Waals surface area contributed by atoms with E-state index in [-0.39, 0.29) is 11.7 Å². The van der Waals surface area contributed by atoms with Crippen molar-refractivity contribution in [3.05, 3.63) is 23.2 Å². The van der Waals surface area contributed by atoms with Crippen molar-refractivity contribution in [3.8, 4) is 0 Å². The van der Waals surface area contributed by atoms with Crippen molar-refractivity contribution in [1.29, 1.82) is 0 Å². The van der Waals surface area contributed by atoms with Gasteiger partial charge in [-0.05, 0) is 32.9 Å². The molecule has 0 amide bonds. The molecule has 4 heteroatoms. The molecule has 1 saturated heterocycles. The lowest BCUT2D eigenvalue weighted by Crippen LogP contribution is -2.52. The Morgan fingerprint density at radius 2 is 2.18 bits per heavy atom. The predicted octanol–water partition coefficient (Wildman–Crippen LogP) is 2.93. The molecule has 3 nitrogen and oxygen atoms in total. The summed E-state index contributed by atoms with van der Waals surface area (Å²) >= 11 is 6.24. The van der Waals surface area contributed by atoms with Crippen molar-refractivity contribution in [2.45, 2.75) is 32.5 Å². The minimum atomic E-state index is -0.177. The summed E-state index contributed by atoms with van der Waals surface area (Å²) < 4.78 is 5.88. The van der Waals surface area contributed by atoms with Crippen molar-refractivity contribution in [3.63, 3.8) is 0 Å². The molecule has 1 aliphatic rings. The zero-order valence-corrected chi connectivity index (χ0v) is 11.3. The van der Waals surface area contributed by atoms with Crippen LogP contribution in [-0.4, -0.2) is 24.8 Å². The van der Waals surface area contributed by atoms with Crippen molar-refractivity contribution in [2.75, 3.05) is 23.7 Å². The first-order chi connectivity index (χ1) is 7.89. The zero-order valence-electron chi connectivity index (χ0n) is 10.5. The van der Waals surface area contributed by atoms with Gasteiger partial charge in [0.25, 0.3) is 0 Å². The monoisotopic (exact) mass is 254 g/mol. The molecule has 0 radical (unpaired) electrons. The fourth-order valence-electron chi connectivity index (χ4n) is 2.49. The molecule has 0 aromatic heterocycles. The van der Waals surface area contributed by atoms with Crippen molar-refractivity contribution in [1.82, 2.24) is 0 Å². The summed E-state index contributed by atoms with van der Waals surface area (Å²) in [5, 5.41) is 0.704. The van der Waals surface area contributed by atoms with Crippen LogP contribution in [0, 0.1) is 0 Å². The molecule has 1 aromatic rings. The van der Waals surface area contributed by atoms with Crippen LogP contribution in [-0.2, 0) is 4.74 Å². The maximum atomic E-state index is 6.24. The number of para-hydroxylation sites is 1. The number of nitrogens with two attached hydrogens (primary N) is 1. The zero-order chi connectivity index (χ0) is 12.6. The number of hydrogen-bond acceptors (Lipinski definition) is 3. The number of morpholine rings is 1. The topological polar surface area (TPSA) is 38.5 Å². The molecule has 1 heterocycles. The molecular weight excluding hydrogens is 236 g/mol. The number of nitrogens with zero attached hydrogens (tertiary/aromatic N) is 1. The molecule has 1 aromatic carbocycles. The Morgan fingerprint density at radius 1 is 1.47 bits per heavy atom. The SMILES string of the molecule is CC1CN(c2c(N)cccc2Cl)CC(C)(C)O1. The fourth-order valence-corrected chi connectivity index (χ4v) is 2.79. The molecule has 1 fully saturated rings. The highest BCUT2D eigenvalue weighted by Crippen LogP contribution is 2.35. The highest BCUT2D eigenvalue weighted by Gasteiger charge is 2.32. The molecule has 1 unspecified atom stereocenters. The van der Waals surface area contributed by atoms with Crippen molar-refractivity contribution >= 4 is 23.0 Å². The van der Waals surface area contributed by atoms with Crippen LogP contribution >= 0.6 is 11.6 Å². The fraction of sp³-hybridized carbons (Fsp3) is 0.538. The van der Waals surface area contributed by atoms with E-state index in [0.29, 0.717) is 5.02 Å². The first-order valence-corrected chi connectivity index (χ1v) is 6.23. The maximum absolute atomic E-state index is 6.24. The number of ether oxygens (including phenoxy) is 1. The van der Waals surface area contributed by atoms with E-state index in [4.69, 9.17) is 22.1 Å². The van der Waals surface area contributed by atoms with Crippen LogP contribution in [0.2, 0.25) is 5.02 Å². The molecule has 0 aliphatic carbocycles. The van der Waals surface area contributed by atoms with Crippen molar-refractivity contribution in [2.24, 2.45) is 0 Å². The largest absolute Gasteiger partial charge is 0.397 e. The predicted molar refractivity (Wildman–Crippen MR) is 72.7 cm³/mol. The Kier molecular flexibility index (Phi) is 3.23. The summed E-state index contributed by atoms with van der Waals surface area (Å²) in [6.07, 6.45) is 0.175. The number of hydrogen-bond donors (Lipinski definition) is 1. The van der Waals surface area contributed by atoms with Crippen LogP contribution < -0.4 is 10.6 Å². The second-order valence-electron chi connectivity index (χ2n) is 5.25.